The molecule has 0 spiro atoms. The minimum atomic E-state index is -1.86. The molecule has 2 N–H and O–H groups in total. The van der Waals surface area contributed by atoms with Gasteiger partial charge in [-0.3, -0.25) is 4.79 Å². The van der Waals surface area contributed by atoms with Crippen LogP contribution in [0.2, 0.25) is 0 Å². The first kappa shape index (κ1) is 15.3. The summed E-state index contributed by atoms with van der Waals surface area (Å²) in [6.07, 6.45) is 6.22. The van der Waals surface area contributed by atoms with Crippen molar-refractivity contribution in [2.24, 2.45) is 11.8 Å². The lowest BCUT2D eigenvalue weighted by atomic mass is 9.89. The third kappa shape index (κ3) is 4.18. The molecular weight excluding hydrogens is 232 g/mol. The normalized spacial score (nSPS) is 26.2. The van der Waals surface area contributed by atoms with Crippen LogP contribution < -0.4 is 0 Å². The largest absolute Gasteiger partial charge is 0.365 e. The molecule has 0 aromatic carbocycles. The van der Waals surface area contributed by atoms with Gasteiger partial charge in [0.25, 0.3) is 0 Å². The van der Waals surface area contributed by atoms with E-state index in [1.165, 1.54) is 0 Å². The van der Waals surface area contributed by atoms with E-state index in [1.54, 1.807) is 0 Å². The number of Topliss-reactive ketones (excluding diaryl/α,β-unsaturated/α-hetero) is 1. The SMILES string of the molecule is CCCCCC(=O)CCC1CCC(O)(O)C1C=O. The van der Waals surface area contributed by atoms with Gasteiger partial charge in [-0.15, -0.1) is 0 Å². The molecule has 1 aliphatic rings. The lowest BCUT2D eigenvalue weighted by Gasteiger charge is -2.22. The minimum absolute atomic E-state index is 0.0624. The second kappa shape index (κ2) is 7.00. The summed E-state index contributed by atoms with van der Waals surface area (Å²) < 4.78 is 0. The molecule has 0 aromatic heterocycles. The van der Waals surface area contributed by atoms with Crippen LogP contribution in [0.5, 0.6) is 0 Å². The highest BCUT2D eigenvalue weighted by molar-refractivity contribution is 5.78. The van der Waals surface area contributed by atoms with Gasteiger partial charge in [0.15, 0.2) is 5.79 Å². The molecule has 0 aliphatic heterocycles. The van der Waals surface area contributed by atoms with Gasteiger partial charge in [-0.2, -0.15) is 0 Å². The second-order valence-electron chi connectivity index (χ2n) is 5.37. The van der Waals surface area contributed by atoms with Crippen LogP contribution in [0.15, 0.2) is 0 Å². The summed E-state index contributed by atoms with van der Waals surface area (Å²) in [5.41, 5.74) is 0. The van der Waals surface area contributed by atoms with Crippen LogP contribution in [-0.4, -0.2) is 28.1 Å². The molecule has 2 atom stereocenters. The van der Waals surface area contributed by atoms with Gasteiger partial charge < -0.3 is 15.0 Å². The van der Waals surface area contributed by atoms with Crippen LogP contribution in [0, 0.1) is 11.8 Å². The van der Waals surface area contributed by atoms with E-state index >= 15 is 0 Å². The third-order valence-corrected chi connectivity index (χ3v) is 3.92. The van der Waals surface area contributed by atoms with Crippen molar-refractivity contribution < 1.29 is 19.8 Å². The van der Waals surface area contributed by atoms with Crippen molar-refractivity contribution in [3.8, 4) is 0 Å². The highest BCUT2D eigenvalue weighted by atomic mass is 16.5. The number of aliphatic hydroxyl groups is 2. The Balaban J connectivity index is 2.31. The number of carbonyl (C=O) groups is 2. The van der Waals surface area contributed by atoms with E-state index in [4.69, 9.17) is 0 Å². The van der Waals surface area contributed by atoms with Crippen LogP contribution in [0.1, 0.15) is 58.3 Å². The van der Waals surface area contributed by atoms with Gasteiger partial charge in [0.1, 0.15) is 12.1 Å². The van der Waals surface area contributed by atoms with Gasteiger partial charge in [0.05, 0.1) is 5.92 Å². The van der Waals surface area contributed by atoms with Crippen LogP contribution in [0.3, 0.4) is 0 Å². The zero-order chi connectivity index (χ0) is 13.6. The van der Waals surface area contributed by atoms with Gasteiger partial charge in [-0.1, -0.05) is 19.8 Å². The summed E-state index contributed by atoms with van der Waals surface area (Å²) in [5.74, 6) is -2.44. The molecule has 0 bridgehead atoms. The van der Waals surface area contributed by atoms with Crippen LogP contribution >= 0.6 is 0 Å². The van der Waals surface area contributed by atoms with Crippen molar-refractivity contribution in [3.63, 3.8) is 0 Å². The van der Waals surface area contributed by atoms with Gasteiger partial charge in [-0.25, -0.2) is 0 Å². The third-order valence-electron chi connectivity index (χ3n) is 3.92. The molecule has 4 nitrogen and oxygen atoms in total. The molecule has 0 aromatic rings. The first-order valence-corrected chi connectivity index (χ1v) is 6.93. The van der Waals surface area contributed by atoms with E-state index in [9.17, 15) is 19.8 Å². The van der Waals surface area contributed by atoms with E-state index in [-0.39, 0.29) is 18.1 Å². The predicted octanol–water partition coefficient (Wildman–Crippen LogP) is 1.82. The van der Waals surface area contributed by atoms with Crippen molar-refractivity contribution in [1.29, 1.82) is 0 Å². The quantitative estimate of drug-likeness (QED) is 0.394. The van der Waals surface area contributed by atoms with Crippen LogP contribution in [0.25, 0.3) is 0 Å². The molecule has 0 radical (unpaired) electrons. The Hall–Kier alpha value is -0.740. The van der Waals surface area contributed by atoms with Crippen LogP contribution in [0.4, 0.5) is 0 Å². The number of rotatable bonds is 8. The molecule has 0 saturated heterocycles. The number of ketones is 1. The van der Waals surface area contributed by atoms with Gasteiger partial charge in [-0.05, 0) is 25.2 Å². The Bertz CT molecular complexity index is 286. The summed E-state index contributed by atoms with van der Waals surface area (Å²) >= 11 is 0. The zero-order valence-corrected chi connectivity index (χ0v) is 11.1. The predicted molar refractivity (Wildman–Crippen MR) is 67.8 cm³/mol. The number of hydrogen-bond donors (Lipinski definition) is 2. The second-order valence-corrected chi connectivity index (χ2v) is 5.37. The monoisotopic (exact) mass is 256 g/mol. The van der Waals surface area contributed by atoms with Gasteiger partial charge in [0, 0.05) is 19.3 Å². The maximum absolute atomic E-state index is 11.6. The Morgan fingerprint density at radius 1 is 1.33 bits per heavy atom. The Morgan fingerprint density at radius 2 is 2.06 bits per heavy atom. The molecule has 1 aliphatic carbocycles. The maximum atomic E-state index is 11.6. The maximum Gasteiger partial charge on any atom is 0.172 e. The molecule has 0 amide bonds. The molecule has 0 heterocycles. The number of carbonyl (C=O) groups excluding carboxylic acids is 2. The van der Waals surface area contributed by atoms with Crippen molar-refractivity contribution >= 4 is 12.1 Å². The fourth-order valence-electron chi connectivity index (χ4n) is 2.71. The standard InChI is InChI=1S/C14H24O4/c1-2-3-4-5-12(16)7-6-11-8-9-14(17,18)13(11)10-15/h10-11,13,17-18H,2-9H2,1H3. The molecule has 4 heteroatoms. The minimum Gasteiger partial charge on any atom is -0.365 e. The fourth-order valence-corrected chi connectivity index (χ4v) is 2.71. The Morgan fingerprint density at radius 3 is 2.67 bits per heavy atom. The molecule has 18 heavy (non-hydrogen) atoms. The molecule has 1 fully saturated rings. The zero-order valence-electron chi connectivity index (χ0n) is 11.1. The fraction of sp³-hybridized carbons (Fsp3) is 0.857. The van der Waals surface area contributed by atoms with Gasteiger partial charge in [0.2, 0.25) is 0 Å². The summed E-state index contributed by atoms with van der Waals surface area (Å²) in [4.78, 5) is 22.5. The first-order chi connectivity index (χ1) is 8.51. The highest BCUT2D eigenvalue weighted by Gasteiger charge is 2.45. The summed E-state index contributed by atoms with van der Waals surface area (Å²) in [6.45, 7) is 2.10. The number of aldehydes is 1. The number of unbranched alkanes of at least 4 members (excludes halogenated alkanes) is 2. The molecule has 1 rings (SSSR count). The summed E-state index contributed by atoms with van der Waals surface area (Å²) in [5, 5.41) is 19.2. The Labute approximate surface area is 108 Å². The average molecular weight is 256 g/mol. The van der Waals surface area contributed by atoms with Crippen molar-refractivity contribution in [2.45, 2.75) is 64.1 Å². The Kier molecular flexibility index (Phi) is 5.96. The van der Waals surface area contributed by atoms with Crippen molar-refractivity contribution in [1.82, 2.24) is 0 Å². The van der Waals surface area contributed by atoms with E-state index in [0.29, 0.717) is 32.0 Å². The smallest absolute Gasteiger partial charge is 0.172 e. The number of hydrogen-bond acceptors (Lipinski definition) is 4. The molecule has 2 unspecified atom stereocenters. The molecule has 104 valence electrons. The van der Waals surface area contributed by atoms with E-state index in [2.05, 4.69) is 6.92 Å². The topological polar surface area (TPSA) is 74.6 Å². The van der Waals surface area contributed by atoms with Gasteiger partial charge >= 0.3 is 0 Å². The molecule has 1 saturated carbocycles. The average Bonchev–Trinajstić information content (AvgIpc) is 2.61. The van der Waals surface area contributed by atoms with E-state index in [0.717, 1.165) is 19.3 Å². The summed E-state index contributed by atoms with van der Waals surface area (Å²) in [6, 6.07) is 0. The lowest BCUT2D eigenvalue weighted by Crippen LogP contribution is -2.36. The summed E-state index contributed by atoms with van der Waals surface area (Å²) in [7, 11) is 0. The first-order valence-electron chi connectivity index (χ1n) is 6.93. The molecular formula is C14H24O4. The lowest BCUT2D eigenvalue weighted by molar-refractivity contribution is -0.187. The van der Waals surface area contributed by atoms with Crippen LogP contribution in [-0.2, 0) is 9.59 Å². The van der Waals surface area contributed by atoms with E-state index in [1.807, 2.05) is 0 Å². The van der Waals surface area contributed by atoms with Crippen molar-refractivity contribution in [3.05, 3.63) is 0 Å². The highest BCUT2D eigenvalue weighted by Crippen LogP contribution is 2.39. The van der Waals surface area contributed by atoms with Crippen molar-refractivity contribution in [2.75, 3.05) is 0 Å². The van der Waals surface area contributed by atoms with E-state index < -0.39 is 11.7 Å².